The Bertz CT molecular complexity index is 569. The van der Waals surface area contributed by atoms with Gasteiger partial charge < -0.3 is 9.47 Å². The third-order valence-electron chi connectivity index (χ3n) is 2.88. The summed E-state index contributed by atoms with van der Waals surface area (Å²) in [6.07, 6.45) is 0.952. The topological polar surface area (TPSA) is 35.5 Å². The van der Waals surface area contributed by atoms with Crippen LogP contribution in [0.15, 0.2) is 54.6 Å². The van der Waals surface area contributed by atoms with Crippen molar-refractivity contribution in [1.29, 1.82) is 0 Å². The van der Waals surface area contributed by atoms with Crippen LogP contribution in [0.4, 0.5) is 0 Å². The number of hydrogen-bond donors (Lipinski definition) is 0. The van der Waals surface area contributed by atoms with Crippen LogP contribution in [0.2, 0.25) is 5.02 Å². The van der Waals surface area contributed by atoms with Gasteiger partial charge in [0.2, 0.25) is 0 Å². The number of esters is 1. The molecular formula is C17H17ClO3. The summed E-state index contributed by atoms with van der Waals surface area (Å²) < 4.78 is 10.7. The molecule has 0 saturated carbocycles. The molecule has 0 saturated heterocycles. The van der Waals surface area contributed by atoms with E-state index in [2.05, 4.69) is 0 Å². The third-order valence-corrected chi connectivity index (χ3v) is 3.25. The van der Waals surface area contributed by atoms with E-state index in [4.69, 9.17) is 21.1 Å². The molecule has 0 atom stereocenters. The summed E-state index contributed by atoms with van der Waals surface area (Å²) in [7, 11) is 0. The number of carbonyl (C=O) groups is 1. The lowest BCUT2D eigenvalue weighted by atomic mass is 10.2. The van der Waals surface area contributed by atoms with Crippen LogP contribution in [0.1, 0.15) is 18.4 Å². The second-order valence-corrected chi connectivity index (χ2v) is 4.92. The highest BCUT2D eigenvalue weighted by atomic mass is 35.5. The highest BCUT2D eigenvalue weighted by Gasteiger charge is 2.05. The number of para-hydroxylation sites is 1. The number of rotatable bonds is 7. The van der Waals surface area contributed by atoms with Crippen molar-refractivity contribution in [1.82, 2.24) is 0 Å². The van der Waals surface area contributed by atoms with Gasteiger partial charge in [0.15, 0.2) is 0 Å². The first kappa shape index (κ1) is 15.4. The van der Waals surface area contributed by atoms with Crippen LogP contribution in [0.5, 0.6) is 5.75 Å². The molecule has 0 aliphatic rings. The lowest BCUT2D eigenvalue weighted by Crippen LogP contribution is -2.07. The third kappa shape index (κ3) is 5.48. The molecule has 2 rings (SSSR count). The maximum absolute atomic E-state index is 11.6. The van der Waals surface area contributed by atoms with Crippen LogP contribution in [0.25, 0.3) is 0 Å². The first-order valence-corrected chi connectivity index (χ1v) is 7.20. The quantitative estimate of drug-likeness (QED) is 0.567. The van der Waals surface area contributed by atoms with Gasteiger partial charge in [-0.2, -0.15) is 0 Å². The van der Waals surface area contributed by atoms with Crippen molar-refractivity contribution in [3.05, 3.63) is 65.2 Å². The molecule has 3 nitrogen and oxygen atoms in total. The molecule has 0 aromatic heterocycles. The Morgan fingerprint density at radius 2 is 1.71 bits per heavy atom. The molecule has 4 heteroatoms. The van der Waals surface area contributed by atoms with E-state index in [0.29, 0.717) is 24.5 Å². The Morgan fingerprint density at radius 1 is 1.00 bits per heavy atom. The minimum atomic E-state index is -0.244. The van der Waals surface area contributed by atoms with Gasteiger partial charge in [0.25, 0.3) is 0 Å². The maximum Gasteiger partial charge on any atom is 0.306 e. The minimum Gasteiger partial charge on any atom is -0.494 e. The van der Waals surface area contributed by atoms with Crippen molar-refractivity contribution in [2.24, 2.45) is 0 Å². The fourth-order valence-electron chi connectivity index (χ4n) is 1.77. The van der Waals surface area contributed by atoms with E-state index in [9.17, 15) is 4.79 Å². The molecule has 0 aliphatic heterocycles. The smallest absolute Gasteiger partial charge is 0.306 e. The van der Waals surface area contributed by atoms with Gasteiger partial charge in [-0.25, -0.2) is 0 Å². The molecule has 110 valence electrons. The number of halogens is 1. The largest absolute Gasteiger partial charge is 0.494 e. The van der Waals surface area contributed by atoms with Gasteiger partial charge in [0, 0.05) is 17.0 Å². The lowest BCUT2D eigenvalue weighted by molar-refractivity contribution is -0.145. The van der Waals surface area contributed by atoms with Crippen molar-refractivity contribution < 1.29 is 14.3 Å². The van der Waals surface area contributed by atoms with Crippen molar-refractivity contribution in [3.63, 3.8) is 0 Å². The van der Waals surface area contributed by atoms with Crippen molar-refractivity contribution in [2.75, 3.05) is 6.61 Å². The monoisotopic (exact) mass is 304 g/mol. The second kappa shape index (κ2) is 8.32. The zero-order valence-corrected chi connectivity index (χ0v) is 12.4. The number of hydrogen-bond acceptors (Lipinski definition) is 3. The lowest BCUT2D eigenvalue weighted by Gasteiger charge is -2.07. The van der Waals surface area contributed by atoms with Crippen LogP contribution in [-0.4, -0.2) is 12.6 Å². The van der Waals surface area contributed by atoms with Gasteiger partial charge in [0.1, 0.15) is 12.4 Å². The summed E-state index contributed by atoms with van der Waals surface area (Å²) in [5.74, 6) is 0.563. The standard InChI is InChI=1S/C17H17ClO3/c18-16-10-5-4-7-14(16)13-21-17(19)11-6-12-20-15-8-2-1-3-9-15/h1-5,7-10H,6,11-13H2. The summed E-state index contributed by atoms with van der Waals surface area (Å²) in [5.41, 5.74) is 0.813. The molecule has 0 amide bonds. The molecule has 2 aromatic rings. The Balaban J connectivity index is 1.63. The van der Waals surface area contributed by atoms with E-state index in [1.807, 2.05) is 48.5 Å². The number of ether oxygens (including phenoxy) is 2. The van der Waals surface area contributed by atoms with E-state index in [1.165, 1.54) is 0 Å². The fraction of sp³-hybridized carbons (Fsp3) is 0.235. The first-order chi connectivity index (χ1) is 10.3. The predicted octanol–water partition coefficient (Wildman–Crippen LogP) is 4.24. The van der Waals surface area contributed by atoms with E-state index < -0.39 is 0 Å². The average Bonchev–Trinajstić information content (AvgIpc) is 2.52. The highest BCUT2D eigenvalue weighted by molar-refractivity contribution is 6.31. The second-order valence-electron chi connectivity index (χ2n) is 4.52. The highest BCUT2D eigenvalue weighted by Crippen LogP contribution is 2.16. The molecule has 2 aromatic carbocycles. The van der Waals surface area contributed by atoms with Gasteiger partial charge in [0.05, 0.1) is 6.61 Å². The zero-order chi connectivity index (χ0) is 14.9. The van der Waals surface area contributed by atoms with Crippen LogP contribution < -0.4 is 4.74 Å². The molecule has 0 unspecified atom stereocenters. The van der Waals surface area contributed by atoms with Gasteiger partial charge in [-0.3, -0.25) is 4.79 Å². The van der Waals surface area contributed by atoms with Crippen molar-refractivity contribution in [3.8, 4) is 5.75 Å². The average molecular weight is 305 g/mol. The van der Waals surface area contributed by atoms with Gasteiger partial charge >= 0.3 is 5.97 Å². The molecule has 0 spiro atoms. The molecule has 0 heterocycles. The van der Waals surface area contributed by atoms with Gasteiger partial charge in [-0.1, -0.05) is 48.0 Å². The molecule has 0 bridgehead atoms. The number of carbonyl (C=O) groups excluding carboxylic acids is 1. The molecular weight excluding hydrogens is 288 g/mol. The summed E-state index contributed by atoms with van der Waals surface area (Å²) in [6.45, 7) is 0.698. The fourth-order valence-corrected chi connectivity index (χ4v) is 1.96. The van der Waals surface area contributed by atoms with E-state index >= 15 is 0 Å². The summed E-state index contributed by atoms with van der Waals surface area (Å²) in [5, 5.41) is 0.609. The summed E-state index contributed by atoms with van der Waals surface area (Å²) >= 11 is 5.99. The Labute approximate surface area is 129 Å². The Kier molecular flexibility index (Phi) is 6.10. The number of benzene rings is 2. The van der Waals surface area contributed by atoms with E-state index in [0.717, 1.165) is 11.3 Å². The summed E-state index contributed by atoms with van der Waals surface area (Å²) in [6, 6.07) is 16.8. The predicted molar refractivity (Wildman–Crippen MR) is 82.4 cm³/mol. The molecule has 0 radical (unpaired) electrons. The van der Waals surface area contributed by atoms with E-state index in [1.54, 1.807) is 6.07 Å². The van der Waals surface area contributed by atoms with Crippen LogP contribution in [0, 0.1) is 0 Å². The summed E-state index contributed by atoms with van der Waals surface area (Å²) in [4.78, 5) is 11.6. The maximum atomic E-state index is 11.6. The van der Waals surface area contributed by atoms with Crippen molar-refractivity contribution in [2.45, 2.75) is 19.4 Å². The van der Waals surface area contributed by atoms with Crippen molar-refractivity contribution >= 4 is 17.6 Å². The zero-order valence-electron chi connectivity index (χ0n) is 11.6. The van der Waals surface area contributed by atoms with Crippen LogP contribution in [-0.2, 0) is 16.1 Å². The van der Waals surface area contributed by atoms with Gasteiger partial charge in [-0.15, -0.1) is 0 Å². The SMILES string of the molecule is O=C(CCCOc1ccccc1)OCc1ccccc1Cl. The van der Waals surface area contributed by atoms with E-state index in [-0.39, 0.29) is 12.6 Å². The Hall–Kier alpha value is -2.00. The minimum absolute atomic E-state index is 0.206. The molecule has 21 heavy (non-hydrogen) atoms. The molecule has 0 N–H and O–H groups in total. The normalized spacial score (nSPS) is 10.1. The Morgan fingerprint density at radius 3 is 2.48 bits per heavy atom. The molecule has 0 fully saturated rings. The van der Waals surface area contributed by atoms with Crippen LogP contribution in [0.3, 0.4) is 0 Å². The molecule has 0 aliphatic carbocycles. The van der Waals surface area contributed by atoms with Crippen LogP contribution >= 0.6 is 11.6 Å². The van der Waals surface area contributed by atoms with Gasteiger partial charge in [-0.05, 0) is 24.6 Å². The first-order valence-electron chi connectivity index (χ1n) is 6.82.